The molecule has 0 aliphatic carbocycles. The largest absolute Gasteiger partial charge is 0.491 e. The zero-order chi connectivity index (χ0) is 24.9. The molecule has 188 valence electrons. The van der Waals surface area contributed by atoms with E-state index in [2.05, 4.69) is 26.4 Å². The topological polar surface area (TPSA) is 105 Å². The van der Waals surface area contributed by atoms with Crippen LogP contribution in [0.25, 0.3) is 0 Å². The number of likely N-dealkylation sites (N-methyl/N-ethyl adjacent to an activating group) is 1. The van der Waals surface area contributed by atoms with E-state index in [-0.39, 0.29) is 18.9 Å². The van der Waals surface area contributed by atoms with E-state index in [4.69, 9.17) is 20.6 Å². The second-order valence-electron chi connectivity index (χ2n) is 7.83. The van der Waals surface area contributed by atoms with Crippen molar-refractivity contribution in [1.82, 2.24) is 14.8 Å². The molecule has 3 rings (SSSR count). The van der Waals surface area contributed by atoms with Crippen molar-refractivity contribution in [3.63, 3.8) is 0 Å². The average molecular weight is 502 g/mol. The Morgan fingerprint density at radius 2 is 1.77 bits per heavy atom. The highest BCUT2D eigenvalue weighted by molar-refractivity contribution is 7.14. The first-order chi connectivity index (χ1) is 17.0. The summed E-state index contributed by atoms with van der Waals surface area (Å²) in [5, 5.41) is 7.69. The van der Waals surface area contributed by atoms with Crippen LogP contribution in [0.2, 0.25) is 0 Å². The second-order valence-corrected chi connectivity index (χ2v) is 8.68. The van der Waals surface area contributed by atoms with Crippen molar-refractivity contribution < 1.29 is 23.8 Å². The highest BCUT2D eigenvalue weighted by Crippen LogP contribution is 2.19. The van der Waals surface area contributed by atoms with Gasteiger partial charge in [0.1, 0.15) is 19.0 Å². The van der Waals surface area contributed by atoms with Crippen LogP contribution >= 0.6 is 11.3 Å². The predicted molar refractivity (Wildman–Crippen MR) is 135 cm³/mol. The van der Waals surface area contributed by atoms with Crippen molar-refractivity contribution in [3.05, 3.63) is 35.3 Å². The first-order valence-corrected chi connectivity index (χ1v) is 12.2. The lowest BCUT2D eigenvalue weighted by atomic mass is 10.2. The van der Waals surface area contributed by atoms with Crippen LogP contribution in [0, 0.1) is 12.3 Å². The Labute approximate surface area is 209 Å². The Morgan fingerprint density at radius 3 is 2.51 bits per heavy atom. The fraction of sp³-hybridized carbons (Fsp3) is 0.458. The Morgan fingerprint density at radius 1 is 1.06 bits per heavy atom. The molecular weight excluding hydrogens is 470 g/mol. The summed E-state index contributed by atoms with van der Waals surface area (Å²) in [6.45, 7) is 5.22. The van der Waals surface area contributed by atoms with Crippen LogP contribution in [-0.2, 0) is 20.7 Å². The number of anilines is 2. The summed E-state index contributed by atoms with van der Waals surface area (Å²) in [5.74, 6) is 3.11. The molecule has 2 heterocycles. The molecule has 0 atom stereocenters. The highest BCUT2D eigenvalue weighted by Gasteiger charge is 2.20. The summed E-state index contributed by atoms with van der Waals surface area (Å²) >= 11 is 1.29. The summed E-state index contributed by atoms with van der Waals surface area (Å²) < 4.78 is 16.1. The fourth-order valence-electron chi connectivity index (χ4n) is 3.23. The first-order valence-electron chi connectivity index (χ1n) is 11.3. The lowest BCUT2D eigenvalue weighted by molar-refractivity contribution is -0.132. The van der Waals surface area contributed by atoms with Crippen molar-refractivity contribution in [1.29, 1.82) is 0 Å². The quantitative estimate of drug-likeness (QED) is 0.339. The van der Waals surface area contributed by atoms with Gasteiger partial charge in [-0.1, -0.05) is 5.92 Å². The predicted octanol–water partition coefficient (Wildman–Crippen LogP) is 2.15. The van der Waals surface area contributed by atoms with E-state index in [0.29, 0.717) is 48.7 Å². The van der Waals surface area contributed by atoms with Gasteiger partial charge in [-0.3, -0.25) is 10.1 Å². The van der Waals surface area contributed by atoms with Gasteiger partial charge in [-0.15, -0.1) is 17.8 Å². The molecule has 3 amide bonds. The van der Waals surface area contributed by atoms with E-state index in [1.807, 2.05) is 11.9 Å². The molecule has 0 radical (unpaired) electrons. The van der Waals surface area contributed by atoms with Crippen LogP contribution < -0.4 is 15.4 Å². The number of hydrogen-bond acceptors (Lipinski definition) is 8. The third-order valence-corrected chi connectivity index (χ3v) is 5.93. The van der Waals surface area contributed by atoms with Gasteiger partial charge in [-0.2, -0.15) is 0 Å². The Hall–Kier alpha value is -3.17. The zero-order valence-corrected chi connectivity index (χ0v) is 20.6. The molecule has 0 saturated carbocycles. The maximum absolute atomic E-state index is 12.5. The minimum atomic E-state index is -0.412. The molecule has 10 nitrogen and oxygen atoms in total. The molecule has 35 heavy (non-hydrogen) atoms. The normalized spacial score (nSPS) is 13.8. The summed E-state index contributed by atoms with van der Waals surface area (Å²) in [5.41, 5.74) is 1.26. The number of hydrogen-bond donors (Lipinski definition) is 2. The molecule has 1 fully saturated rings. The molecule has 1 aromatic carbocycles. The summed E-state index contributed by atoms with van der Waals surface area (Å²) in [6.07, 6.45) is 5.32. The summed E-state index contributed by atoms with van der Waals surface area (Å²) in [6, 6.07) is 6.59. The van der Waals surface area contributed by atoms with Crippen molar-refractivity contribution in [2.75, 3.05) is 76.9 Å². The summed E-state index contributed by atoms with van der Waals surface area (Å²) in [4.78, 5) is 33.2. The minimum Gasteiger partial charge on any atom is -0.491 e. The minimum absolute atomic E-state index is 0.0577. The van der Waals surface area contributed by atoms with Crippen molar-refractivity contribution in [2.24, 2.45) is 0 Å². The lowest BCUT2D eigenvalue weighted by Gasteiger charge is -2.32. The molecule has 1 saturated heterocycles. The molecule has 0 spiro atoms. The van der Waals surface area contributed by atoms with Crippen LogP contribution in [-0.4, -0.2) is 93.0 Å². The SMILES string of the molecule is C#CCOCCOCCOc1ccc(NC(=O)Nc2nc(CC(=O)N3CCN(C)CC3)cs2)cc1. The number of benzene rings is 1. The van der Waals surface area contributed by atoms with Crippen LogP contribution in [0.3, 0.4) is 0 Å². The van der Waals surface area contributed by atoms with E-state index in [1.165, 1.54) is 11.3 Å². The van der Waals surface area contributed by atoms with Gasteiger partial charge in [-0.25, -0.2) is 9.78 Å². The Kier molecular flexibility index (Phi) is 10.8. The molecule has 0 bridgehead atoms. The number of aromatic nitrogens is 1. The molecule has 11 heteroatoms. The van der Waals surface area contributed by atoms with Gasteiger partial charge >= 0.3 is 6.03 Å². The number of thiazole rings is 1. The maximum Gasteiger partial charge on any atom is 0.325 e. The first kappa shape index (κ1) is 26.4. The lowest BCUT2D eigenvalue weighted by Crippen LogP contribution is -2.47. The number of nitrogens with zero attached hydrogens (tertiary/aromatic N) is 3. The van der Waals surface area contributed by atoms with E-state index >= 15 is 0 Å². The van der Waals surface area contributed by atoms with Gasteiger partial charge in [0.2, 0.25) is 5.91 Å². The van der Waals surface area contributed by atoms with Crippen LogP contribution in [0.15, 0.2) is 29.6 Å². The Bertz CT molecular complexity index is 983. The highest BCUT2D eigenvalue weighted by atomic mass is 32.1. The van der Waals surface area contributed by atoms with Gasteiger partial charge in [-0.05, 0) is 31.3 Å². The van der Waals surface area contributed by atoms with Gasteiger partial charge in [0, 0.05) is 37.2 Å². The second kappa shape index (κ2) is 14.3. The van der Waals surface area contributed by atoms with E-state index in [9.17, 15) is 9.59 Å². The molecule has 1 aliphatic rings. The molecule has 2 N–H and O–H groups in total. The van der Waals surface area contributed by atoms with Gasteiger partial charge in [0.15, 0.2) is 5.13 Å². The number of rotatable bonds is 12. The molecule has 1 aromatic heterocycles. The van der Waals surface area contributed by atoms with Crippen molar-refractivity contribution >= 4 is 34.1 Å². The third kappa shape index (κ3) is 9.54. The number of piperazine rings is 1. The Balaban J connectivity index is 1.34. The van der Waals surface area contributed by atoms with Crippen molar-refractivity contribution in [3.8, 4) is 18.1 Å². The zero-order valence-electron chi connectivity index (χ0n) is 19.8. The monoisotopic (exact) mass is 501 g/mol. The number of carbonyl (C=O) groups excluding carboxylic acids is 2. The van der Waals surface area contributed by atoms with Crippen LogP contribution in [0.1, 0.15) is 5.69 Å². The van der Waals surface area contributed by atoms with Gasteiger partial charge < -0.3 is 29.3 Å². The number of urea groups is 1. The molecular formula is C24H31N5O5S. The van der Waals surface area contributed by atoms with E-state index in [1.54, 1.807) is 29.6 Å². The standard InChI is InChI=1S/C24H31N5O5S/c1-3-12-32-13-14-33-15-16-34-21-6-4-19(5-7-21)25-23(31)27-24-26-20(18-35-24)17-22(30)29-10-8-28(2)9-11-29/h1,4-7,18H,8-17H2,2H3,(H2,25,26,27,31). The molecule has 2 aromatic rings. The molecule has 1 aliphatic heterocycles. The molecule has 0 unspecified atom stereocenters. The average Bonchev–Trinajstić information content (AvgIpc) is 3.28. The van der Waals surface area contributed by atoms with Gasteiger partial charge in [0.25, 0.3) is 0 Å². The number of amides is 3. The third-order valence-electron chi connectivity index (χ3n) is 5.13. The number of carbonyl (C=O) groups is 2. The van der Waals surface area contributed by atoms with E-state index < -0.39 is 6.03 Å². The number of terminal acetylenes is 1. The summed E-state index contributed by atoms with van der Waals surface area (Å²) in [7, 11) is 2.05. The number of ether oxygens (including phenoxy) is 3. The van der Waals surface area contributed by atoms with Crippen molar-refractivity contribution in [2.45, 2.75) is 6.42 Å². The van der Waals surface area contributed by atoms with Crippen LogP contribution in [0.4, 0.5) is 15.6 Å². The maximum atomic E-state index is 12.5. The smallest absolute Gasteiger partial charge is 0.325 e. The van der Waals surface area contributed by atoms with Gasteiger partial charge in [0.05, 0.1) is 31.9 Å². The fourth-order valence-corrected chi connectivity index (χ4v) is 3.94. The number of nitrogens with one attached hydrogen (secondary N) is 2. The van der Waals surface area contributed by atoms with E-state index in [0.717, 1.165) is 26.2 Å². The van der Waals surface area contributed by atoms with Crippen LogP contribution in [0.5, 0.6) is 5.75 Å².